The molecule has 0 spiro atoms. The second kappa shape index (κ2) is 5.66. The van der Waals surface area contributed by atoms with Crippen molar-refractivity contribution >= 4 is 23.0 Å². The predicted molar refractivity (Wildman–Crippen MR) is 71.2 cm³/mol. The summed E-state index contributed by atoms with van der Waals surface area (Å²) in [5.74, 6) is -0.970. The van der Waals surface area contributed by atoms with Crippen molar-refractivity contribution in [2.45, 2.75) is 13.5 Å². The Balaban J connectivity index is 2.16. The van der Waals surface area contributed by atoms with Crippen molar-refractivity contribution in [3.63, 3.8) is 0 Å². The molecule has 1 N–H and O–H groups in total. The van der Waals surface area contributed by atoms with Gasteiger partial charge in [0, 0.05) is 10.9 Å². The molecule has 0 saturated carbocycles. The van der Waals surface area contributed by atoms with E-state index in [1.807, 2.05) is 0 Å². The smallest absolute Gasteiger partial charge is 0.365 e. The summed E-state index contributed by atoms with van der Waals surface area (Å²) in [6.07, 6.45) is 0. The van der Waals surface area contributed by atoms with Crippen LogP contribution in [0.2, 0.25) is 0 Å². The normalized spacial score (nSPS) is 10.2. The lowest BCUT2D eigenvalue weighted by Crippen LogP contribution is -2.02. The lowest BCUT2D eigenvalue weighted by molar-refractivity contribution is -0.386. The van der Waals surface area contributed by atoms with Gasteiger partial charge in [0.2, 0.25) is 5.01 Å². The molecule has 2 aromatic rings. The molecule has 0 bridgehead atoms. The average Bonchev–Trinajstić information content (AvgIpc) is 2.84. The number of nitrogens with zero attached hydrogens (tertiary/aromatic N) is 2. The Bertz CT molecular complexity index is 668. The zero-order chi connectivity index (χ0) is 14.7. The number of para-hydroxylation sites is 1. The highest BCUT2D eigenvalue weighted by Crippen LogP contribution is 2.30. The van der Waals surface area contributed by atoms with Gasteiger partial charge in [0.15, 0.2) is 5.75 Å². The fourth-order valence-corrected chi connectivity index (χ4v) is 2.24. The maximum Gasteiger partial charge on any atom is 0.365 e. The summed E-state index contributed by atoms with van der Waals surface area (Å²) in [5, 5.41) is 21.2. The molecule has 1 aromatic carbocycles. The minimum Gasteiger partial charge on any atom is -0.480 e. The van der Waals surface area contributed by atoms with Gasteiger partial charge in [-0.25, -0.2) is 9.78 Å². The largest absolute Gasteiger partial charge is 0.480 e. The Kier molecular flexibility index (Phi) is 3.94. The Morgan fingerprint density at radius 3 is 2.90 bits per heavy atom. The van der Waals surface area contributed by atoms with Crippen LogP contribution < -0.4 is 4.74 Å². The summed E-state index contributed by atoms with van der Waals surface area (Å²) in [6, 6.07) is 4.77. The number of carboxylic acids is 1. The molecule has 0 aliphatic rings. The number of hydrogen-bond donors (Lipinski definition) is 1. The van der Waals surface area contributed by atoms with Crippen LogP contribution in [0.5, 0.6) is 5.75 Å². The summed E-state index contributed by atoms with van der Waals surface area (Å²) >= 11 is 0.982. The van der Waals surface area contributed by atoms with Gasteiger partial charge in [-0.05, 0) is 13.0 Å². The van der Waals surface area contributed by atoms with E-state index in [2.05, 4.69) is 4.98 Å². The van der Waals surface area contributed by atoms with Crippen LogP contribution in [-0.4, -0.2) is 21.0 Å². The summed E-state index contributed by atoms with van der Waals surface area (Å²) in [4.78, 5) is 25.0. The van der Waals surface area contributed by atoms with E-state index in [1.165, 1.54) is 6.07 Å². The van der Waals surface area contributed by atoms with Crippen LogP contribution in [-0.2, 0) is 6.61 Å². The Morgan fingerprint density at radius 2 is 2.30 bits per heavy atom. The fraction of sp³-hybridized carbons (Fsp3) is 0.167. The number of benzene rings is 1. The maximum absolute atomic E-state index is 11.0. The summed E-state index contributed by atoms with van der Waals surface area (Å²) < 4.78 is 5.37. The van der Waals surface area contributed by atoms with Crippen LogP contribution in [0, 0.1) is 17.0 Å². The molecule has 1 heterocycles. The monoisotopic (exact) mass is 294 g/mol. The third kappa shape index (κ3) is 2.91. The first-order valence-electron chi connectivity index (χ1n) is 5.53. The lowest BCUT2D eigenvalue weighted by atomic mass is 10.2. The fourth-order valence-electron chi connectivity index (χ4n) is 1.61. The number of hydrogen-bond acceptors (Lipinski definition) is 6. The molecule has 0 aliphatic carbocycles. The van der Waals surface area contributed by atoms with Crippen LogP contribution in [0.3, 0.4) is 0 Å². The van der Waals surface area contributed by atoms with Crippen molar-refractivity contribution in [3.8, 4) is 5.75 Å². The number of carboxylic acid groups (broad SMARTS) is 1. The number of nitro benzene ring substituents is 1. The van der Waals surface area contributed by atoms with Gasteiger partial charge < -0.3 is 9.84 Å². The SMILES string of the molecule is Cc1cccc(OCc2csc(C(=O)O)n2)c1[N+](=O)[O-]. The molecule has 0 saturated heterocycles. The summed E-state index contributed by atoms with van der Waals surface area (Å²) in [6.45, 7) is 1.60. The molecule has 0 radical (unpaired) electrons. The third-order valence-corrected chi connectivity index (χ3v) is 3.37. The van der Waals surface area contributed by atoms with E-state index < -0.39 is 10.9 Å². The summed E-state index contributed by atoms with van der Waals surface area (Å²) in [7, 11) is 0. The first-order valence-corrected chi connectivity index (χ1v) is 6.41. The van der Waals surface area contributed by atoms with Crippen LogP contribution in [0.25, 0.3) is 0 Å². The van der Waals surface area contributed by atoms with Gasteiger partial charge in [0.25, 0.3) is 0 Å². The van der Waals surface area contributed by atoms with Crippen LogP contribution in [0.4, 0.5) is 5.69 Å². The minimum atomic E-state index is -1.11. The van der Waals surface area contributed by atoms with E-state index in [0.717, 1.165) is 11.3 Å². The van der Waals surface area contributed by atoms with Gasteiger partial charge in [-0.15, -0.1) is 11.3 Å². The predicted octanol–water partition coefficient (Wildman–Crippen LogP) is 2.64. The number of rotatable bonds is 5. The van der Waals surface area contributed by atoms with E-state index >= 15 is 0 Å². The average molecular weight is 294 g/mol. The van der Waals surface area contributed by atoms with E-state index in [-0.39, 0.29) is 23.1 Å². The number of carbonyl (C=O) groups is 1. The minimum absolute atomic E-state index is 0.0198. The van der Waals surface area contributed by atoms with Crippen LogP contribution in [0.15, 0.2) is 23.6 Å². The molecule has 104 valence electrons. The van der Waals surface area contributed by atoms with E-state index in [1.54, 1.807) is 24.4 Å². The Hall–Kier alpha value is -2.48. The highest BCUT2D eigenvalue weighted by Gasteiger charge is 2.18. The van der Waals surface area contributed by atoms with Crippen molar-refractivity contribution in [1.29, 1.82) is 0 Å². The highest BCUT2D eigenvalue weighted by molar-refractivity contribution is 7.11. The van der Waals surface area contributed by atoms with Crippen LogP contribution in [0.1, 0.15) is 21.1 Å². The van der Waals surface area contributed by atoms with Crippen molar-refractivity contribution in [2.24, 2.45) is 0 Å². The molecule has 1 aromatic heterocycles. The molecule has 0 unspecified atom stereocenters. The molecule has 0 amide bonds. The van der Waals surface area contributed by atoms with Gasteiger partial charge in [-0.1, -0.05) is 12.1 Å². The molecule has 8 heteroatoms. The quantitative estimate of drug-likeness (QED) is 0.671. The zero-order valence-corrected chi connectivity index (χ0v) is 11.2. The van der Waals surface area contributed by atoms with E-state index in [4.69, 9.17) is 9.84 Å². The number of thiazole rings is 1. The van der Waals surface area contributed by atoms with Gasteiger partial charge >= 0.3 is 11.7 Å². The number of nitro groups is 1. The molecule has 7 nitrogen and oxygen atoms in total. The second-order valence-electron chi connectivity index (χ2n) is 3.92. The van der Waals surface area contributed by atoms with Crippen molar-refractivity contribution in [3.05, 3.63) is 50.0 Å². The van der Waals surface area contributed by atoms with Crippen molar-refractivity contribution in [1.82, 2.24) is 4.98 Å². The number of ether oxygens (including phenoxy) is 1. The van der Waals surface area contributed by atoms with Gasteiger partial charge in [-0.2, -0.15) is 0 Å². The Labute approximate surface area is 117 Å². The van der Waals surface area contributed by atoms with Crippen molar-refractivity contribution in [2.75, 3.05) is 0 Å². The zero-order valence-electron chi connectivity index (χ0n) is 10.4. The standard InChI is InChI=1S/C12H10N2O5S/c1-7-3-2-4-9(10(7)14(17)18)19-5-8-6-20-11(13-8)12(15)16/h2-4,6H,5H2,1H3,(H,15,16). The van der Waals surface area contributed by atoms with E-state index in [9.17, 15) is 14.9 Å². The highest BCUT2D eigenvalue weighted by atomic mass is 32.1. The third-order valence-electron chi connectivity index (χ3n) is 2.49. The molecule has 2 rings (SSSR count). The molecular weight excluding hydrogens is 284 g/mol. The van der Waals surface area contributed by atoms with Gasteiger partial charge in [0.1, 0.15) is 6.61 Å². The number of aromatic carboxylic acids is 1. The number of aryl methyl sites for hydroxylation is 1. The molecule has 0 fully saturated rings. The van der Waals surface area contributed by atoms with Crippen LogP contribution >= 0.6 is 11.3 Å². The molecular formula is C12H10N2O5S. The molecule has 20 heavy (non-hydrogen) atoms. The Morgan fingerprint density at radius 1 is 1.55 bits per heavy atom. The first-order chi connectivity index (χ1) is 9.49. The molecule has 0 atom stereocenters. The molecule has 0 aliphatic heterocycles. The van der Waals surface area contributed by atoms with E-state index in [0.29, 0.717) is 11.3 Å². The van der Waals surface area contributed by atoms with Gasteiger partial charge in [0.05, 0.1) is 10.6 Å². The van der Waals surface area contributed by atoms with Crippen molar-refractivity contribution < 1.29 is 19.6 Å². The summed E-state index contributed by atoms with van der Waals surface area (Å²) in [5.41, 5.74) is 0.821. The maximum atomic E-state index is 11.0. The van der Waals surface area contributed by atoms with Gasteiger partial charge in [-0.3, -0.25) is 10.1 Å². The first kappa shape index (κ1) is 13.9. The lowest BCUT2D eigenvalue weighted by Gasteiger charge is -2.06. The second-order valence-corrected chi connectivity index (χ2v) is 4.77. The topological polar surface area (TPSA) is 103 Å². The number of aromatic nitrogens is 1.